The van der Waals surface area contributed by atoms with Crippen molar-refractivity contribution >= 4 is 23.2 Å². The molecule has 1 saturated heterocycles. The van der Waals surface area contributed by atoms with Crippen molar-refractivity contribution in [1.82, 2.24) is 4.90 Å². The van der Waals surface area contributed by atoms with E-state index < -0.39 is 6.10 Å². The Morgan fingerprint density at radius 1 is 1.11 bits per heavy atom. The predicted molar refractivity (Wildman–Crippen MR) is 111 cm³/mol. The van der Waals surface area contributed by atoms with Gasteiger partial charge in [0.15, 0.2) is 6.10 Å². The molecule has 0 aliphatic carbocycles. The van der Waals surface area contributed by atoms with Gasteiger partial charge in [-0.05, 0) is 55.7 Å². The first-order chi connectivity index (χ1) is 13.0. The molecule has 0 radical (unpaired) electrons. The molecular formula is C22H27ClN2O2. The summed E-state index contributed by atoms with van der Waals surface area (Å²) in [7, 11) is 0. The molecule has 3 rings (SSSR count). The van der Waals surface area contributed by atoms with Gasteiger partial charge in [-0.3, -0.25) is 4.79 Å². The van der Waals surface area contributed by atoms with Crippen LogP contribution in [0.1, 0.15) is 24.5 Å². The van der Waals surface area contributed by atoms with Gasteiger partial charge in [0.1, 0.15) is 5.75 Å². The summed E-state index contributed by atoms with van der Waals surface area (Å²) in [6.07, 6.45) is 0.151. The summed E-state index contributed by atoms with van der Waals surface area (Å²) >= 11 is 6.02. The average molecular weight is 387 g/mol. The van der Waals surface area contributed by atoms with Gasteiger partial charge < -0.3 is 14.5 Å². The molecule has 1 heterocycles. The fraction of sp³-hybridized carbons (Fsp3) is 0.409. The smallest absolute Gasteiger partial charge is 0.263 e. The summed E-state index contributed by atoms with van der Waals surface area (Å²) < 4.78 is 5.92. The van der Waals surface area contributed by atoms with E-state index in [4.69, 9.17) is 16.3 Å². The van der Waals surface area contributed by atoms with E-state index in [1.54, 1.807) is 12.1 Å². The van der Waals surface area contributed by atoms with Crippen LogP contribution in [0.4, 0.5) is 5.69 Å². The summed E-state index contributed by atoms with van der Waals surface area (Å²) in [6.45, 7) is 9.36. The molecule has 2 aromatic rings. The number of rotatable bonds is 5. The molecule has 0 saturated carbocycles. The van der Waals surface area contributed by atoms with Gasteiger partial charge in [-0.15, -0.1) is 0 Å². The van der Waals surface area contributed by atoms with Crippen molar-refractivity contribution in [2.24, 2.45) is 0 Å². The maximum Gasteiger partial charge on any atom is 0.263 e. The zero-order valence-corrected chi connectivity index (χ0v) is 17.0. The number of carbonyl (C=O) groups excluding carboxylic acids is 1. The highest BCUT2D eigenvalue weighted by Crippen LogP contribution is 2.25. The number of ether oxygens (including phenoxy) is 1. The summed E-state index contributed by atoms with van der Waals surface area (Å²) in [6, 6.07) is 13.6. The third-order valence-corrected chi connectivity index (χ3v) is 5.46. The SMILES string of the molecule is CC[C@H](Oc1cccc(Cl)c1)C(=O)N1CCN(c2cccc(C)c2C)CC1. The van der Waals surface area contributed by atoms with Gasteiger partial charge in [0.25, 0.3) is 5.91 Å². The second-order valence-electron chi connectivity index (χ2n) is 7.00. The van der Waals surface area contributed by atoms with Crippen molar-refractivity contribution in [3.8, 4) is 5.75 Å². The van der Waals surface area contributed by atoms with E-state index in [0.717, 1.165) is 13.1 Å². The van der Waals surface area contributed by atoms with Crippen LogP contribution < -0.4 is 9.64 Å². The highest BCUT2D eigenvalue weighted by Gasteiger charge is 2.28. The zero-order chi connectivity index (χ0) is 19.4. The van der Waals surface area contributed by atoms with Gasteiger partial charge in [0.05, 0.1) is 0 Å². The Balaban J connectivity index is 1.62. The lowest BCUT2D eigenvalue weighted by atomic mass is 10.1. The lowest BCUT2D eigenvalue weighted by Crippen LogP contribution is -2.52. The standard InChI is InChI=1S/C22H27ClN2O2/c1-4-21(27-19-9-6-8-18(23)15-19)22(26)25-13-11-24(12-14-25)20-10-5-7-16(2)17(20)3/h5-10,15,21H,4,11-14H2,1-3H3/t21-/m0/s1. The summed E-state index contributed by atoms with van der Waals surface area (Å²) in [5.41, 5.74) is 3.88. The van der Waals surface area contributed by atoms with Crippen LogP contribution in [0.2, 0.25) is 5.02 Å². The van der Waals surface area contributed by atoms with Gasteiger partial charge in [-0.1, -0.05) is 36.7 Å². The first kappa shape index (κ1) is 19.6. The fourth-order valence-electron chi connectivity index (χ4n) is 3.46. The van der Waals surface area contributed by atoms with Crippen molar-refractivity contribution in [2.45, 2.75) is 33.3 Å². The van der Waals surface area contributed by atoms with Crippen LogP contribution in [0.3, 0.4) is 0 Å². The molecule has 0 bridgehead atoms. The lowest BCUT2D eigenvalue weighted by molar-refractivity contribution is -0.139. The molecule has 0 aromatic heterocycles. The van der Waals surface area contributed by atoms with Crippen molar-refractivity contribution in [2.75, 3.05) is 31.1 Å². The van der Waals surface area contributed by atoms with Crippen LogP contribution >= 0.6 is 11.6 Å². The number of carbonyl (C=O) groups is 1. The molecule has 1 fully saturated rings. The summed E-state index contributed by atoms with van der Waals surface area (Å²) in [5, 5.41) is 0.608. The normalized spacial score (nSPS) is 15.6. The number of anilines is 1. The van der Waals surface area contributed by atoms with Crippen LogP contribution in [-0.2, 0) is 4.79 Å². The van der Waals surface area contributed by atoms with Crippen molar-refractivity contribution in [1.29, 1.82) is 0 Å². The number of hydrogen-bond acceptors (Lipinski definition) is 3. The molecule has 1 aliphatic heterocycles. The minimum Gasteiger partial charge on any atom is -0.481 e. The quantitative estimate of drug-likeness (QED) is 0.760. The predicted octanol–water partition coefficient (Wildman–Crippen LogP) is 4.46. The summed E-state index contributed by atoms with van der Waals surface area (Å²) in [5.74, 6) is 0.690. The first-order valence-electron chi connectivity index (χ1n) is 9.51. The molecule has 4 nitrogen and oxygen atoms in total. The second kappa shape index (κ2) is 8.66. The minimum atomic E-state index is -0.476. The zero-order valence-electron chi connectivity index (χ0n) is 16.2. The Bertz CT molecular complexity index is 801. The van der Waals surface area contributed by atoms with E-state index in [9.17, 15) is 4.79 Å². The van der Waals surface area contributed by atoms with E-state index in [-0.39, 0.29) is 5.91 Å². The monoisotopic (exact) mass is 386 g/mol. The van der Waals surface area contributed by atoms with E-state index in [1.165, 1.54) is 16.8 Å². The second-order valence-corrected chi connectivity index (χ2v) is 7.44. The Labute approximate surface area is 166 Å². The number of halogens is 1. The van der Waals surface area contributed by atoms with Crippen LogP contribution in [0, 0.1) is 13.8 Å². The number of amides is 1. The molecule has 0 spiro atoms. The largest absolute Gasteiger partial charge is 0.481 e. The van der Waals surface area contributed by atoms with Crippen LogP contribution in [0.15, 0.2) is 42.5 Å². The number of benzene rings is 2. The van der Waals surface area contributed by atoms with Crippen molar-refractivity contribution in [3.05, 3.63) is 58.6 Å². The molecule has 27 heavy (non-hydrogen) atoms. The molecule has 144 valence electrons. The summed E-state index contributed by atoms with van der Waals surface area (Å²) in [4.78, 5) is 17.2. The van der Waals surface area contributed by atoms with Gasteiger partial charge in [-0.25, -0.2) is 0 Å². The van der Waals surface area contributed by atoms with Gasteiger partial charge in [-0.2, -0.15) is 0 Å². The average Bonchev–Trinajstić information content (AvgIpc) is 2.68. The van der Waals surface area contributed by atoms with E-state index in [2.05, 4.69) is 36.9 Å². The third kappa shape index (κ3) is 4.56. The number of piperazine rings is 1. The van der Waals surface area contributed by atoms with Crippen LogP contribution in [0.5, 0.6) is 5.75 Å². The highest BCUT2D eigenvalue weighted by atomic mass is 35.5. The lowest BCUT2D eigenvalue weighted by Gasteiger charge is -2.38. The molecular weight excluding hydrogens is 360 g/mol. The number of aryl methyl sites for hydroxylation is 1. The number of hydrogen-bond donors (Lipinski definition) is 0. The molecule has 1 amide bonds. The number of nitrogens with zero attached hydrogens (tertiary/aromatic N) is 2. The Kier molecular flexibility index (Phi) is 6.27. The maximum absolute atomic E-state index is 12.9. The van der Waals surface area contributed by atoms with Gasteiger partial charge in [0.2, 0.25) is 0 Å². The van der Waals surface area contributed by atoms with E-state index in [1.807, 2.05) is 24.0 Å². The van der Waals surface area contributed by atoms with E-state index >= 15 is 0 Å². The first-order valence-corrected chi connectivity index (χ1v) is 9.89. The molecule has 0 N–H and O–H groups in total. The Hall–Kier alpha value is -2.20. The van der Waals surface area contributed by atoms with Crippen LogP contribution in [-0.4, -0.2) is 43.1 Å². The van der Waals surface area contributed by atoms with Crippen molar-refractivity contribution in [3.63, 3.8) is 0 Å². The maximum atomic E-state index is 12.9. The third-order valence-electron chi connectivity index (χ3n) is 5.23. The Morgan fingerprint density at radius 3 is 2.48 bits per heavy atom. The van der Waals surface area contributed by atoms with Crippen LogP contribution in [0.25, 0.3) is 0 Å². The van der Waals surface area contributed by atoms with E-state index in [0.29, 0.717) is 30.3 Å². The molecule has 1 aliphatic rings. The topological polar surface area (TPSA) is 32.8 Å². The van der Waals surface area contributed by atoms with Gasteiger partial charge in [0, 0.05) is 36.9 Å². The molecule has 1 atom stereocenters. The highest BCUT2D eigenvalue weighted by molar-refractivity contribution is 6.30. The van der Waals surface area contributed by atoms with Crippen molar-refractivity contribution < 1.29 is 9.53 Å². The minimum absolute atomic E-state index is 0.0538. The molecule has 0 unspecified atom stereocenters. The van der Waals surface area contributed by atoms with Gasteiger partial charge >= 0.3 is 0 Å². The molecule has 5 heteroatoms. The Morgan fingerprint density at radius 2 is 1.81 bits per heavy atom. The molecule has 2 aromatic carbocycles. The fourth-order valence-corrected chi connectivity index (χ4v) is 3.64.